The van der Waals surface area contributed by atoms with Crippen molar-refractivity contribution in [2.75, 3.05) is 0 Å². The molecule has 5 heteroatoms. The van der Waals surface area contributed by atoms with Crippen LogP contribution in [0.25, 0.3) is 117 Å². The number of para-hydroxylation sites is 5. The summed E-state index contributed by atoms with van der Waals surface area (Å²) in [7, 11) is 0. The fraction of sp³-hybridized carbons (Fsp3) is 0. The summed E-state index contributed by atoms with van der Waals surface area (Å²) < 4.78 is 6.96. The van der Waals surface area contributed by atoms with Gasteiger partial charge in [0.2, 0.25) is 0 Å². The van der Waals surface area contributed by atoms with Gasteiger partial charge in [-0.2, -0.15) is 0 Å². The van der Waals surface area contributed by atoms with Crippen molar-refractivity contribution in [2.45, 2.75) is 0 Å². The molecule has 0 amide bonds. The molecular formula is C60H39N5. The summed E-state index contributed by atoms with van der Waals surface area (Å²) in [5.41, 5.74) is 17.3. The maximum Gasteiger partial charge on any atom is 0.165 e. The summed E-state index contributed by atoms with van der Waals surface area (Å²) >= 11 is 0. The Balaban J connectivity index is 1.08. The van der Waals surface area contributed by atoms with E-state index in [-0.39, 0.29) is 0 Å². The van der Waals surface area contributed by atoms with Gasteiger partial charge in [0.15, 0.2) is 5.65 Å². The average molecular weight is 830 g/mol. The van der Waals surface area contributed by atoms with Gasteiger partial charge in [-0.05, 0) is 125 Å². The molecule has 9 aromatic carbocycles. The SMILES string of the molecule is c1ccc(-c2ccnc3c2nc(-c2cc(-c4ccc5c(c4)c4ccccc4n5-c4ccccc4)cc(-c4ccc5c(c4)c4ccccc4n5-c4ccccc4)c2)n3-c2ccccc2)cc1. The molecule has 304 valence electrons. The van der Waals surface area contributed by atoms with Crippen molar-refractivity contribution in [3.8, 4) is 61.8 Å². The van der Waals surface area contributed by atoms with Crippen molar-refractivity contribution in [2.24, 2.45) is 0 Å². The minimum Gasteiger partial charge on any atom is -0.309 e. The van der Waals surface area contributed by atoms with Gasteiger partial charge in [-0.25, -0.2) is 9.97 Å². The number of benzene rings is 9. The number of imidazole rings is 1. The van der Waals surface area contributed by atoms with E-state index in [1.807, 2.05) is 6.20 Å². The molecule has 0 atom stereocenters. The molecule has 0 N–H and O–H groups in total. The van der Waals surface area contributed by atoms with Crippen molar-refractivity contribution in [1.82, 2.24) is 23.7 Å². The normalized spacial score (nSPS) is 11.7. The van der Waals surface area contributed by atoms with Gasteiger partial charge < -0.3 is 9.13 Å². The Kier molecular flexibility index (Phi) is 8.46. The molecule has 0 spiro atoms. The summed E-state index contributed by atoms with van der Waals surface area (Å²) in [5, 5.41) is 4.85. The predicted octanol–water partition coefficient (Wildman–Crippen LogP) is 15.3. The third-order valence-corrected chi connectivity index (χ3v) is 12.9. The topological polar surface area (TPSA) is 40.6 Å². The number of pyridine rings is 1. The second kappa shape index (κ2) is 14.9. The summed E-state index contributed by atoms with van der Waals surface area (Å²) in [6.07, 6.45) is 1.90. The van der Waals surface area contributed by atoms with Crippen LogP contribution in [0.2, 0.25) is 0 Å². The molecule has 0 saturated carbocycles. The summed E-state index contributed by atoms with van der Waals surface area (Å²) in [6, 6.07) is 82.6. The molecule has 65 heavy (non-hydrogen) atoms. The van der Waals surface area contributed by atoms with Crippen LogP contribution in [-0.4, -0.2) is 23.7 Å². The minimum absolute atomic E-state index is 0.810. The fourth-order valence-electron chi connectivity index (χ4n) is 9.94. The van der Waals surface area contributed by atoms with Gasteiger partial charge in [-0.15, -0.1) is 0 Å². The Morgan fingerprint density at radius 2 is 0.723 bits per heavy atom. The van der Waals surface area contributed by atoms with Gasteiger partial charge >= 0.3 is 0 Å². The Bertz CT molecular complexity index is 3740. The van der Waals surface area contributed by atoms with Crippen LogP contribution in [0.15, 0.2) is 237 Å². The largest absolute Gasteiger partial charge is 0.309 e. The number of hydrogen-bond donors (Lipinski definition) is 0. The van der Waals surface area contributed by atoms with Crippen molar-refractivity contribution in [1.29, 1.82) is 0 Å². The molecule has 0 aliphatic rings. The quantitative estimate of drug-likeness (QED) is 0.161. The Morgan fingerprint density at radius 1 is 0.292 bits per heavy atom. The van der Waals surface area contributed by atoms with E-state index in [1.54, 1.807) is 0 Å². The van der Waals surface area contributed by atoms with Gasteiger partial charge in [0.1, 0.15) is 11.3 Å². The van der Waals surface area contributed by atoms with Crippen LogP contribution in [0.3, 0.4) is 0 Å². The highest BCUT2D eigenvalue weighted by Gasteiger charge is 2.22. The first-order chi connectivity index (χ1) is 32.2. The lowest BCUT2D eigenvalue weighted by Crippen LogP contribution is -1.99. The number of aromatic nitrogens is 5. The molecule has 0 fully saturated rings. The number of hydrogen-bond acceptors (Lipinski definition) is 2. The zero-order valence-corrected chi connectivity index (χ0v) is 35.3. The third kappa shape index (κ3) is 6.01. The van der Waals surface area contributed by atoms with Gasteiger partial charge in [-0.3, -0.25) is 4.57 Å². The molecule has 0 radical (unpaired) electrons. The molecule has 5 nitrogen and oxygen atoms in total. The van der Waals surface area contributed by atoms with Crippen LogP contribution >= 0.6 is 0 Å². The lowest BCUT2D eigenvalue weighted by atomic mass is 9.94. The van der Waals surface area contributed by atoms with Gasteiger partial charge in [0, 0.05) is 55.9 Å². The van der Waals surface area contributed by atoms with E-state index < -0.39 is 0 Å². The Hall–Kier alpha value is -8.80. The average Bonchev–Trinajstić information content (AvgIpc) is 4.05. The molecule has 4 aromatic heterocycles. The summed E-state index contributed by atoms with van der Waals surface area (Å²) in [4.78, 5) is 10.6. The van der Waals surface area contributed by atoms with E-state index in [2.05, 4.69) is 244 Å². The van der Waals surface area contributed by atoms with Gasteiger partial charge in [0.05, 0.1) is 22.1 Å². The second-order valence-electron chi connectivity index (χ2n) is 16.6. The van der Waals surface area contributed by atoms with Crippen molar-refractivity contribution in [3.63, 3.8) is 0 Å². The van der Waals surface area contributed by atoms with Gasteiger partial charge in [-0.1, -0.05) is 133 Å². The standard InChI is InChI=1S/C60H39N5/c1-5-17-40(18-6-1)49-33-34-61-60-58(49)62-59(65(60)48-23-11-4-12-24-48)45-36-43(41-29-31-56-52(38-41)50-25-13-15-27-54(50)63(56)46-19-7-2-8-20-46)35-44(37-45)42-30-32-57-53(39-42)51-26-14-16-28-55(51)64(57)47-21-9-3-10-22-47/h1-39H. The van der Waals surface area contributed by atoms with Crippen molar-refractivity contribution >= 4 is 54.8 Å². The number of nitrogens with zero attached hydrogens (tertiary/aromatic N) is 5. The monoisotopic (exact) mass is 829 g/mol. The molecule has 13 rings (SSSR count). The molecule has 4 heterocycles. The molecule has 0 bridgehead atoms. The van der Waals surface area contributed by atoms with E-state index in [4.69, 9.17) is 9.97 Å². The van der Waals surface area contributed by atoms with Crippen molar-refractivity contribution < 1.29 is 0 Å². The van der Waals surface area contributed by atoms with Crippen LogP contribution in [0.4, 0.5) is 0 Å². The number of rotatable bonds is 7. The molecule has 0 unspecified atom stereocenters. The number of fused-ring (bicyclic) bond motifs is 7. The van der Waals surface area contributed by atoms with Crippen LogP contribution in [0, 0.1) is 0 Å². The lowest BCUT2D eigenvalue weighted by Gasteiger charge is -2.14. The second-order valence-corrected chi connectivity index (χ2v) is 16.6. The zero-order valence-electron chi connectivity index (χ0n) is 35.3. The smallest absolute Gasteiger partial charge is 0.165 e. The van der Waals surface area contributed by atoms with Crippen LogP contribution in [0.5, 0.6) is 0 Å². The van der Waals surface area contributed by atoms with Crippen LogP contribution < -0.4 is 0 Å². The first-order valence-electron chi connectivity index (χ1n) is 22.1. The molecule has 13 aromatic rings. The summed E-state index contributed by atoms with van der Waals surface area (Å²) in [6.45, 7) is 0. The molecule has 0 saturated heterocycles. The van der Waals surface area contributed by atoms with E-state index in [0.717, 1.165) is 73.0 Å². The minimum atomic E-state index is 0.810. The molecule has 0 aliphatic carbocycles. The lowest BCUT2D eigenvalue weighted by molar-refractivity contribution is 1.08. The highest BCUT2D eigenvalue weighted by Crippen LogP contribution is 2.41. The van der Waals surface area contributed by atoms with Crippen molar-refractivity contribution in [3.05, 3.63) is 237 Å². The third-order valence-electron chi connectivity index (χ3n) is 12.9. The van der Waals surface area contributed by atoms with Crippen LogP contribution in [0.1, 0.15) is 0 Å². The van der Waals surface area contributed by atoms with E-state index in [1.165, 1.54) is 43.6 Å². The highest BCUT2D eigenvalue weighted by atomic mass is 15.1. The van der Waals surface area contributed by atoms with E-state index >= 15 is 0 Å². The van der Waals surface area contributed by atoms with Crippen LogP contribution in [-0.2, 0) is 0 Å². The first kappa shape index (κ1) is 36.8. The predicted molar refractivity (Wildman–Crippen MR) is 269 cm³/mol. The maximum absolute atomic E-state index is 5.55. The highest BCUT2D eigenvalue weighted by molar-refractivity contribution is 6.12. The summed E-state index contributed by atoms with van der Waals surface area (Å²) in [5.74, 6) is 0.827. The maximum atomic E-state index is 5.55. The zero-order chi connectivity index (χ0) is 42.8. The molecule has 0 aliphatic heterocycles. The fourth-order valence-corrected chi connectivity index (χ4v) is 9.94. The van der Waals surface area contributed by atoms with Gasteiger partial charge in [0.25, 0.3) is 0 Å². The first-order valence-corrected chi connectivity index (χ1v) is 22.1. The Morgan fingerprint density at radius 3 is 1.25 bits per heavy atom. The van der Waals surface area contributed by atoms with E-state index in [0.29, 0.717) is 0 Å². The Labute approximate surface area is 375 Å². The van der Waals surface area contributed by atoms with E-state index in [9.17, 15) is 0 Å². The molecular weight excluding hydrogens is 791 g/mol.